The zero-order valence-electron chi connectivity index (χ0n) is 17.6. The summed E-state index contributed by atoms with van der Waals surface area (Å²) in [5, 5.41) is 4.15. The van der Waals surface area contributed by atoms with Crippen molar-refractivity contribution in [2.75, 3.05) is 11.9 Å². The molecule has 4 aromatic rings. The van der Waals surface area contributed by atoms with Crippen LogP contribution in [0.5, 0.6) is 5.75 Å². The zero-order valence-corrected chi connectivity index (χ0v) is 17.6. The molecule has 2 aromatic heterocycles. The van der Waals surface area contributed by atoms with Crippen LogP contribution in [0.15, 0.2) is 60.8 Å². The van der Waals surface area contributed by atoms with Crippen molar-refractivity contribution in [1.29, 1.82) is 0 Å². The molecule has 4 rings (SSSR count). The third-order valence-corrected chi connectivity index (χ3v) is 5.00. The summed E-state index contributed by atoms with van der Waals surface area (Å²) in [4.78, 5) is 21.2. The Labute approximate surface area is 180 Å². The van der Waals surface area contributed by atoms with Crippen LogP contribution in [-0.4, -0.2) is 27.0 Å². The molecule has 0 saturated heterocycles. The van der Waals surface area contributed by atoms with E-state index < -0.39 is 5.91 Å². The lowest BCUT2D eigenvalue weighted by atomic mass is 10.1. The normalized spacial score (nSPS) is 10.9. The monoisotopic (exact) mass is 415 g/mol. The average molecular weight is 415 g/mol. The number of aromatic nitrogens is 3. The minimum atomic E-state index is -0.461. The summed E-state index contributed by atoms with van der Waals surface area (Å²) in [6.07, 6.45) is 2.58. The van der Waals surface area contributed by atoms with Crippen LogP contribution in [0.3, 0.4) is 0 Å². The Hall–Kier alpha value is -3.87. The van der Waals surface area contributed by atoms with E-state index in [1.807, 2.05) is 47.9 Å². The van der Waals surface area contributed by atoms with Crippen LogP contribution in [0, 0.1) is 6.92 Å². The minimum Gasteiger partial charge on any atom is -0.488 e. The summed E-state index contributed by atoms with van der Waals surface area (Å²) in [7, 11) is 0. The number of nitrogens with two attached hydrogens (primary N) is 1. The van der Waals surface area contributed by atoms with Crippen LogP contribution in [0.1, 0.15) is 35.0 Å². The van der Waals surface area contributed by atoms with Crippen molar-refractivity contribution < 1.29 is 9.53 Å². The minimum absolute atomic E-state index is 0.461. The van der Waals surface area contributed by atoms with Gasteiger partial charge in [-0.25, -0.2) is 4.98 Å². The maximum absolute atomic E-state index is 11.8. The quantitative estimate of drug-likeness (QED) is 0.449. The van der Waals surface area contributed by atoms with Gasteiger partial charge in [0.2, 0.25) is 11.9 Å². The standard InChI is InChI=1S/C24H25N5O2/c1-3-12-31-21-15-27-24(28-23(21)26-14-17-8-5-4-6-9-17)29-16(2)13-19-18(22(25)30)10-7-11-20(19)29/h4-11,13,15H,3,12,14H2,1-2H3,(H2,25,30)(H,26,27,28). The first-order valence-electron chi connectivity index (χ1n) is 10.3. The number of nitrogens with one attached hydrogen (secondary N) is 1. The molecule has 0 saturated carbocycles. The lowest BCUT2D eigenvalue weighted by molar-refractivity contribution is 0.100. The molecule has 0 unspecified atom stereocenters. The Kier molecular flexibility index (Phi) is 5.84. The molecule has 0 atom stereocenters. The van der Waals surface area contributed by atoms with Gasteiger partial charge < -0.3 is 15.8 Å². The summed E-state index contributed by atoms with van der Waals surface area (Å²) in [6.45, 7) is 5.19. The number of primary amides is 1. The fraction of sp³-hybridized carbons (Fsp3) is 0.208. The highest BCUT2D eigenvalue weighted by atomic mass is 16.5. The van der Waals surface area contributed by atoms with Crippen molar-refractivity contribution in [3.63, 3.8) is 0 Å². The van der Waals surface area contributed by atoms with Gasteiger partial charge in [-0.3, -0.25) is 9.36 Å². The van der Waals surface area contributed by atoms with E-state index in [-0.39, 0.29) is 0 Å². The molecule has 0 bridgehead atoms. The highest BCUT2D eigenvalue weighted by Gasteiger charge is 2.17. The SMILES string of the molecule is CCCOc1cnc(-n2c(C)cc3c(C(N)=O)cccc32)nc1NCc1ccccc1. The molecule has 0 aliphatic carbocycles. The lowest BCUT2D eigenvalue weighted by Gasteiger charge is -2.14. The Balaban J connectivity index is 1.76. The van der Waals surface area contributed by atoms with Crippen LogP contribution >= 0.6 is 0 Å². The number of hydrogen-bond acceptors (Lipinski definition) is 5. The van der Waals surface area contributed by atoms with E-state index in [2.05, 4.69) is 29.4 Å². The van der Waals surface area contributed by atoms with Crippen molar-refractivity contribution in [3.05, 3.63) is 77.6 Å². The molecule has 2 heterocycles. The number of amides is 1. The van der Waals surface area contributed by atoms with Crippen molar-refractivity contribution >= 4 is 22.6 Å². The van der Waals surface area contributed by atoms with E-state index in [1.165, 1.54) is 0 Å². The number of carbonyl (C=O) groups is 1. The summed E-state index contributed by atoms with van der Waals surface area (Å²) in [5.74, 6) is 1.26. The number of anilines is 1. The van der Waals surface area contributed by atoms with Gasteiger partial charge in [-0.1, -0.05) is 43.3 Å². The smallest absolute Gasteiger partial charge is 0.249 e. The first kappa shape index (κ1) is 20.4. The van der Waals surface area contributed by atoms with E-state index in [1.54, 1.807) is 12.3 Å². The maximum atomic E-state index is 11.8. The average Bonchev–Trinajstić information content (AvgIpc) is 3.12. The second kappa shape index (κ2) is 8.87. The highest BCUT2D eigenvalue weighted by molar-refractivity contribution is 6.06. The predicted octanol–water partition coefficient (Wildman–Crippen LogP) is 4.23. The topological polar surface area (TPSA) is 95.1 Å². The van der Waals surface area contributed by atoms with Gasteiger partial charge >= 0.3 is 0 Å². The Bertz CT molecular complexity index is 1220. The zero-order chi connectivity index (χ0) is 21.8. The van der Waals surface area contributed by atoms with Crippen LogP contribution in [0.2, 0.25) is 0 Å². The summed E-state index contributed by atoms with van der Waals surface area (Å²) < 4.78 is 7.77. The molecule has 31 heavy (non-hydrogen) atoms. The Morgan fingerprint density at radius 1 is 1.16 bits per heavy atom. The van der Waals surface area contributed by atoms with Crippen molar-refractivity contribution in [3.8, 4) is 11.7 Å². The van der Waals surface area contributed by atoms with Gasteiger partial charge in [-0.2, -0.15) is 4.98 Å². The van der Waals surface area contributed by atoms with Gasteiger partial charge in [-0.05, 0) is 37.1 Å². The number of hydrogen-bond donors (Lipinski definition) is 2. The van der Waals surface area contributed by atoms with E-state index in [0.29, 0.717) is 36.2 Å². The molecule has 158 valence electrons. The molecule has 7 nitrogen and oxygen atoms in total. The molecular weight excluding hydrogens is 390 g/mol. The Morgan fingerprint density at radius 2 is 1.97 bits per heavy atom. The maximum Gasteiger partial charge on any atom is 0.249 e. The first-order chi connectivity index (χ1) is 15.1. The van der Waals surface area contributed by atoms with E-state index in [4.69, 9.17) is 15.5 Å². The highest BCUT2D eigenvalue weighted by Crippen LogP contribution is 2.28. The molecule has 1 amide bonds. The van der Waals surface area contributed by atoms with E-state index >= 15 is 0 Å². The molecule has 0 radical (unpaired) electrons. The number of aryl methyl sites for hydroxylation is 1. The van der Waals surface area contributed by atoms with E-state index in [9.17, 15) is 4.79 Å². The largest absolute Gasteiger partial charge is 0.488 e. The van der Waals surface area contributed by atoms with Crippen molar-refractivity contribution in [2.45, 2.75) is 26.8 Å². The Morgan fingerprint density at radius 3 is 2.71 bits per heavy atom. The molecule has 2 aromatic carbocycles. The molecular formula is C24H25N5O2. The fourth-order valence-corrected chi connectivity index (χ4v) is 3.54. The summed E-state index contributed by atoms with van der Waals surface area (Å²) >= 11 is 0. The summed E-state index contributed by atoms with van der Waals surface area (Å²) in [6, 6.07) is 17.5. The number of rotatable bonds is 8. The summed E-state index contributed by atoms with van der Waals surface area (Å²) in [5.41, 5.74) is 8.90. The van der Waals surface area contributed by atoms with Crippen LogP contribution in [-0.2, 0) is 6.54 Å². The molecule has 0 aliphatic rings. The van der Waals surface area contributed by atoms with E-state index in [0.717, 1.165) is 28.6 Å². The second-order valence-electron chi connectivity index (χ2n) is 7.29. The first-order valence-corrected chi connectivity index (χ1v) is 10.3. The van der Waals surface area contributed by atoms with Gasteiger partial charge in [0.05, 0.1) is 18.3 Å². The van der Waals surface area contributed by atoms with Gasteiger partial charge in [0.15, 0.2) is 11.6 Å². The number of nitrogens with zero attached hydrogens (tertiary/aromatic N) is 3. The fourth-order valence-electron chi connectivity index (χ4n) is 3.54. The van der Waals surface area contributed by atoms with Crippen LogP contribution in [0.25, 0.3) is 16.9 Å². The van der Waals surface area contributed by atoms with Gasteiger partial charge in [0, 0.05) is 23.2 Å². The lowest BCUT2D eigenvalue weighted by Crippen LogP contribution is -2.11. The molecule has 0 fully saturated rings. The molecule has 3 N–H and O–H groups in total. The number of benzene rings is 2. The van der Waals surface area contributed by atoms with Crippen molar-refractivity contribution in [2.24, 2.45) is 5.73 Å². The number of fused-ring (bicyclic) bond motifs is 1. The predicted molar refractivity (Wildman–Crippen MR) is 122 cm³/mol. The third kappa shape index (κ3) is 4.21. The van der Waals surface area contributed by atoms with Crippen LogP contribution < -0.4 is 15.8 Å². The van der Waals surface area contributed by atoms with Gasteiger partial charge in [0.1, 0.15) is 0 Å². The third-order valence-electron chi connectivity index (χ3n) is 5.00. The van der Waals surface area contributed by atoms with Crippen LogP contribution in [0.4, 0.5) is 5.82 Å². The number of ether oxygens (including phenoxy) is 1. The van der Waals surface area contributed by atoms with Gasteiger partial charge in [-0.15, -0.1) is 0 Å². The second-order valence-corrected chi connectivity index (χ2v) is 7.29. The number of carbonyl (C=O) groups excluding carboxylic acids is 1. The molecule has 0 aliphatic heterocycles. The van der Waals surface area contributed by atoms with Crippen molar-refractivity contribution in [1.82, 2.24) is 14.5 Å². The van der Waals surface area contributed by atoms with Gasteiger partial charge in [0.25, 0.3) is 0 Å². The molecule has 7 heteroatoms. The molecule has 0 spiro atoms.